The predicted octanol–water partition coefficient (Wildman–Crippen LogP) is 3.57. The van der Waals surface area contributed by atoms with Gasteiger partial charge in [0, 0.05) is 18.0 Å². The number of carboxylic acids is 1. The number of nitrogens with one attached hydrogen (secondary N) is 1. The summed E-state index contributed by atoms with van der Waals surface area (Å²) in [7, 11) is 1.71. The number of aromatic nitrogens is 1. The minimum absolute atomic E-state index is 0.00953. The number of fused-ring (bicyclic) bond motifs is 1. The van der Waals surface area contributed by atoms with Crippen LogP contribution >= 0.6 is 23.2 Å². The van der Waals surface area contributed by atoms with Crippen LogP contribution in [0.5, 0.6) is 0 Å². The van der Waals surface area contributed by atoms with E-state index in [0.717, 1.165) is 10.9 Å². The molecule has 0 saturated heterocycles. The first-order valence-electron chi connectivity index (χ1n) is 12.3. The Labute approximate surface area is 240 Å². The number of nitrogens with two attached hydrogens (primary N) is 1. The minimum Gasteiger partial charge on any atom is -0.481 e. The Morgan fingerprint density at radius 1 is 1.02 bits per heavy atom. The number of nitrogens with zero attached hydrogens (tertiary/aromatic N) is 1. The molecule has 0 spiro atoms. The minimum atomic E-state index is -2.02. The summed E-state index contributed by atoms with van der Waals surface area (Å²) in [5.41, 5.74) is 7.54. The molecule has 1 heterocycles. The van der Waals surface area contributed by atoms with Crippen LogP contribution in [0.2, 0.25) is 10.0 Å². The molecule has 4 N–H and O–H groups in total. The summed E-state index contributed by atoms with van der Waals surface area (Å²) in [5.74, 6) is -7.81. The second kappa shape index (κ2) is 12.6. The number of aliphatic carboxylic acids is 1. The lowest BCUT2D eigenvalue weighted by Gasteiger charge is -2.26. The molecule has 0 radical (unpaired) electrons. The number of ether oxygens (including phenoxy) is 1. The molecule has 3 rings (SSSR count). The third kappa shape index (κ3) is 6.19. The fourth-order valence-electron chi connectivity index (χ4n) is 4.51. The van der Waals surface area contributed by atoms with Crippen molar-refractivity contribution in [3.63, 3.8) is 0 Å². The molecule has 0 bridgehead atoms. The molecule has 0 aliphatic carbocycles. The van der Waals surface area contributed by atoms with Crippen LogP contribution in [0, 0.1) is 18.8 Å². The molecule has 12 heteroatoms. The van der Waals surface area contributed by atoms with Gasteiger partial charge in [0.15, 0.2) is 18.2 Å². The maximum Gasteiger partial charge on any atom is 0.341 e. The highest BCUT2D eigenvalue weighted by Gasteiger charge is 2.42. The lowest BCUT2D eigenvalue weighted by atomic mass is 9.85. The van der Waals surface area contributed by atoms with Crippen molar-refractivity contribution in [2.24, 2.45) is 24.6 Å². The van der Waals surface area contributed by atoms with Gasteiger partial charge in [0.25, 0.3) is 5.91 Å². The van der Waals surface area contributed by atoms with Gasteiger partial charge in [-0.05, 0) is 36.6 Å². The number of carbonyl (C=O) groups is 5. The summed E-state index contributed by atoms with van der Waals surface area (Å²) in [6, 6.07) is 8.55. The number of para-hydroxylation sites is 1. The second-order valence-corrected chi connectivity index (χ2v) is 10.4. The Balaban J connectivity index is 1.79. The van der Waals surface area contributed by atoms with Crippen LogP contribution in [0.3, 0.4) is 0 Å². The first-order valence-corrected chi connectivity index (χ1v) is 13.0. The summed E-state index contributed by atoms with van der Waals surface area (Å²) in [4.78, 5) is 64.1. The number of carboxylic acid groups (broad SMARTS) is 1. The fraction of sp³-hybridized carbons (Fsp3) is 0.321. The van der Waals surface area contributed by atoms with Gasteiger partial charge in [-0.2, -0.15) is 0 Å². The quantitative estimate of drug-likeness (QED) is 0.226. The zero-order valence-electron chi connectivity index (χ0n) is 22.2. The molecule has 2 unspecified atom stereocenters. The molecule has 10 nitrogen and oxygen atoms in total. The lowest BCUT2D eigenvalue weighted by molar-refractivity contribution is -0.150. The monoisotopic (exact) mass is 589 g/mol. The van der Waals surface area contributed by atoms with Crippen LogP contribution < -0.4 is 11.1 Å². The Morgan fingerprint density at radius 3 is 2.17 bits per heavy atom. The van der Waals surface area contributed by atoms with E-state index in [9.17, 15) is 29.1 Å². The van der Waals surface area contributed by atoms with E-state index in [1.807, 2.05) is 24.3 Å². The zero-order chi connectivity index (χ0) is 29.9. The smallest absolute Gasteiger partial charge is 0.341 e. The lowest BCUT2D eigenvalue weighted by Crippen LogP contribution is -2.55. The molecule has 3 aromatic rings. The SMILES string of the molecule is Cc1c(C(=O)N[C@H](C(=O)C(C(=O)O)C(N)C(=O)COC(=O)c2c(Cl)cccc2Cl)C(C)C)n(C)c2ccccc12. The second-order valence-electron chi connectivity index (χ2n) is 9.63. The highest BCUT2D eigenvalue weighted by Crippen LogP contribution is 2.26. The van der Waals surface area contributed by atoms with Crippen molar-refractivity contribution in [2.75, 3.05) is 6.61 Å². The van der Waals surface area contributed by atoms with Gasteiger partial charge >= 0.3 is 11.9 Å². The molecule has 0 fully saturated rings. The largest absolute Gasteiger partial charge is 0.481 e. The van der Waals surface area contributed by atoms with Gasteiger partial charge in [0.2, 0.25) is 0 Å². The zero-order valence-corrected chi connectivity index (χ0v) is 23.7. The first kappa shape index (κ1) is 30.8. The van der Waals surface area contributed by atoms with Crippen molar-refractivity contribution in [3.8, 4) is 0 Å². The summed E-state index contributed by atoms with van der Waals surface area (Å²) in [6.07, 6.45) is 0. The van der Waals surface area contributed by atoms with E-state index in [4.69, 9.17) is 33.7 Å². The Hall–Kier alpha value is -3.73. The van der Waals surface area contributed by atoms with Crippen molar-refractivity contribution >= 4 is 63.5 Å². The number of aryl methyl sites for hydroxylation is 2. The highest BCUT2D eigenvalue weighted by molar-refractivity contribution is 6.39. The molecule has 3 atom stereocenters. The molecule has 0 aliphatic rings. The van der Waals surface area contributed by atoms with Gasteiger partial charge < -0.3 is 25.5 Å². The number of hydrogen-bond donors (Lipinski definition) is 3. The normalized spacial score (nSPS) is 13.5. The van der Waals surface area contributed by atoms with E-state index in [-0.39, 0.29) is 15.6 Å². The number of amides is 1. The number of rotatable bonds is 11. The van der Waals surface area contributed by atoms with Gasteiger partial charge in [-0.25, -0.2) is 4.79 Å². The fourth-order valence-corrected chi connectivity index (χ4v) is 5.06. The summed E-state index contributed by atoms with van der Waals surface area (Å²) in [5, 5.41) is 13.3. The molecule has 212 valence electrons. The molecule has 40 heavy (non-hydrogen) atoms. The number of benzene rings is 2. The average Bonchev–Trinajstić information content (AvgIpc) is 3.14. The Morgan fingerprint density at radius 2 is 1.62 bits per heavy atom. The predicted molar refractivity (Wildman–Crippen MR) is 150 cm³/mol. The maximum atomic E-state index is 13.5. The van der Waals surface area contributed by atoms with Crippen molar-refractivity contribution < 1.29 is 33.8 Å². The van der Waals surface area contributed by atoms with Gasteiger partial charge in [0.1, 0.15) is 11.6 Å². The van der Waals surface area contributed by atoms with Gasteiger partial charge in [-0.15, -0.1) is 0 Å². The van der Waals surface area contributed by atoms with Crippen molar-refractivity contribution in [1.29, 1.82) is 0 Å². The van der Waals surface area contributed by atoms with E-state index in [1.165, 1.54) is 18.2 Å². The van der Waals surface area contributed by atoms with Crippen LogP contribution in [0.25, 0.3) is 10.9 Å². The maximum absolute atomic E-state index is 13.5. The van der Waals surface area contributed by atoms with E-state index < -0.39 is 59.9 Å². The van der Waals surface area contributed by atoms with Crippen LogP contribution in [-0.4, -0.2) is 57.8 Å². The number of carbonyl (C=O) groups excluding carboxylic acids is 4. The van der Waals surface area contributed by atoms with Crippen LogP contribution in [0.15, 0.2) is 42.5 Å². The molecule has 1 amide bonds. The van der Waals surface area contributed by atoms with Crippen LogP contribution in [0.4, 0.5) is 0 Å². The topological polar surface area (TPSA) is 158 Å². The van der Waals surface area contributed by atoms with Crippen molar-refractivity contribution in [2.45, 2.75) is 32.9 Å². The number of esters is 1. The molecular formula is C28H29Cl2N3O7. The third-order valence-electron chi connectivity index (χ3n) is 6.65. The number of Topliss-reactive ketones (excluding diaryl/α,β-unsaturated/α-hetero) is 2. The standard InChI is InChI=1S/C28H29Cl2N3O7/c1-13(2)23(32-26(36)24-14(3)15-8-5-6-11-18(15)33(24)4)25(35)21(27(37)38)22(31)19(34)12-40-28(39)20-16(29)9-7-10-17(20)30/h5-11,13,21-23H,12,31H2,1-4H3,(H,32,36)(H,37,38)/t21?,22?,23-/m0/s1. The van der Waals surface area contributed by atoms with Crippen molar-refractivity contribution in [3.05, 3.63) is 69.3 Å². The average molecular weight is 590 g/mol. The van der Waals surface area contributed by atoms with E-state index in [1.54, 1.807) is 32.4 Å². The van der Waals surface area contributed by atoms with Gasteiger partial charge in [-0.3, -0.25) is 19.2 Å². The number of halogens is 2. The Kier molecular flexibility index (Phi) is 9.73. The van der Waals surface area contributed by atoms with Crippen LogP contribution in [-0.2, 0) is 26.2 Å². The van der Waals surface area contributed by atoms with Crippen molar-refractivity contribution in [1.82, 2.24) is 9.88 Å². The van der Waals surface area contributed by atoms with Gasteiger partial charge in [-0.1, -0.05) is 61.3 Å². The summed E-state index contributed by atoms with van der Waals surface area (Å²) < 4.78 is 6.64. The number of hydrogen-bond acceptors (Lipinski definition) is 7. The van der Waals surface area contributed by atoms with E-state index in [0.29, 0.717) is 11.3 Å². The summed E-state index contributed by atoms with van der Waals surface area (Å²) >= 11 is 12.0. The number of ketones is 2. The van der Waals surface area contributed by atoms with Crippen LogP contribution in [0.1, 0.15) is 40.3 Å². The molecule has 2 aromatic carbocycles. The third-order valence-corrected chi connectivity index (χ3v) is 7.28. The molecule has 1 aromatic heterocycles. The Bertz CT molecular complexity index is 1440. The first-order chi connectivity index (χ1) is 18.8. The van der Waals surface area contributed by atoms with Gasteiger partial charge in [0.05, 0.1) is 27.7 Å². The van der Waals surface area contributed by atoms with E-state index >= 15 is 0 Å². The molecule has 0 aliphatic heterocycles. The van der Waals surface area contributed by atoms with E-state index in [2.05, 4.69) is 5.32 Å². The molecular weight excluding hydrogens is 561 g/mol. The summed E-state index contributed by atoms with van der Waals surface area (Å²) in [6.45, 7) is 4.10. The highest BCUT2D eigenvalue weighted by atomic mass is 35.5. The molecule has 0 saturated carbocycles.